The van der Waals surface area contributed by atoms with Gasteiger partial charge in [-0.1, -0.05) is 42.5 Å². The molecule has 3 amide bonds. The standard InChI is InChI=1S/C21H22N2O3/c1-11(19(24)22-10-12-5-3-2-4-6-12)23-20(25)17-13-7-8-14(16-9-15(13)16)18(17)21(23)26/h2-8,11,13-18H,9-10H2,1H3,(H,22,24). The molecule has 5 aliphatic rings. The van der Waals surface area contributed by atoms with Gasteiger partial charge in [0.1, 0.15) is 6.04 Å². The molecule has 3 fully saturated rings. The first-order valence-corrected chi connectivity index (χ1v) is 9.45. The molecule has 1 heterocycles. The molecule has 7 unspecified atom stereocenters. The van der Waals surface area contributed by atoms with Crippen LogP contribution < -0.4 is 5.32 Å². The van der Waals surface area contributed by atoms with Gasteiger partial charge < -0.3 is 5.32 Å². The van der Waals surface area contributed by atoms with E-state index in [0.717, 1.165) is 12.0 Å². The second kappa shape index (κ2) is 5.53. The summed E-state index contributed by atoms with van der Waals surface area (Å²) < 4.78 is 0. The van der Waals surface area contributed by atoms with Crippen LogP contribution in [0.25, 0.3) is 0 Å². The highest BCUT2D eigenvalue weighted by atomic mass is 16.2. The topological polar surface area (TPSA) is 66.5 Å². The Labute approximate surface area is 152 Å². The monoisotopic (exact) mass is 350 g/mol. The second-order valence-electron chi connectivity index (χ2n) is 8.08. The van der Waals surface area contributed by atoms with Gasteiger partial charge in [-0.2, -0.15) is 0 Å². The van der Waals surface area contributed by atoms with Gasteiger partial charge in [-0.25, -0.2) is 0 Å². The van der Waals surface area contributed by atoms with Crippen LogP contribution in [0.15, 0.2) is 42.5 Å². The van der Waals surface area contributed by atoms with Crippen molar-refractivity contribution in [3.63, 3.8) is 0 Å². The molecule has 2 saturated carbocycles. The number of benzene rings is 1. The first kappa shape index (κ1) is 15.8. The summed E-state index contributed by atoms with van der Waals surface area (Å²) in [7, 11) is 0. The van der Waals surface area contributed by atoms with Crippen molar-refractivity contribution in [2.75, 3.05) is 0 Å². The van der Waals surface area contributed by atoms with E-state index < -0.39 is 6.04 Å². The molecule has 0 aromatic heterocycles. The number of rotatable bonds is 4. The van der Waals surface area contributed by atoms with E-state index in [9.17, 15) is 14.4 Å². The highest BCUT2D eigenvalue weighted by molar-refractivity contribution is 6.09. The fourth-order valence-electron chi connectivity index (χ4n) is 5.41. The van der Waals surface area contributed by atoms with Crippen LogP contribution >= 0.6 is 0 Å². The third-order valence-corrected chi connectivity index (χ3v) is 6.77. The molecule has 134 valence electrons. The number of amides is 3. The number of nitrogens with zero attached hydrogens (tertiary/aromatic N) is 1. The molecule has 1 aromatic rings. The Balaban J connectivity index is 1.32. The minimum absolute atomic E-state index is 0.146. The molecule has 1 aromatic carbocycles. The largest absolute Gasteiger partial charge is 0.350 e. The van der Waals surface area contributed by atoms with Crippen molar-refractivity contribution in [2.45, 2.75) is 25.9 Å². The normalized spacial score (nSPS) is 37.3. The van der Waals surface area contributed by atoms with Gasteiger partial charge in [0, 0.05) is 6.54 Å². The fourth-order valence-corrected chi connectivity index (χ4v) is 5.41. The lowest BCUT2D eigenvalue weighted by molar-refractivity contribution is -0.147. The molecule has 1 N–H and O–H groups in total. The molecule has 4 aliphatic carbocycles. The number of nitrogens with one attached hydrogen (secondary N) is 1. The molecule has 5 heteroatoms. The van der Waals surface area contributed by atoms with Crippen LogP contribution in [0.3, 0.4) is 0 Å². The van der Waals surface area contributed by atoms with Crippen LogP contribution in [-0.4, -0.2) is 28.7 Å². The average molecular weight is 350 g/mol. The molecule has 7 atom stereocenters. The van der Waals surface area contributed by atoms with E-state index in [1.54, 1.807) is 6.92 Å². The van der Waals surface area contributed by atoms with Gasteiger partial charge >= 0.3 is 0 Å². The summed E-state index contributed by atoms with van der Waals surface area (Å²) in [4.78, 5) is 39.9. The predicted molar refractivity (Wildman–Crippen MR) is 94.3 cm³/mol. The Kier molecular flexibility index (Phi) is 3.36. The Morgan fingerprint density at radius 1 is 1.08 bits per heavy atom. The number of likely N-dealkylation sites (tertiary alicyclic amines) is 1. The number of hydrogen-bond acceptors (Lipinski definition) is 3. The van der Waals surface area contributed by atoms with Gasteiger partial charge in [0.25, 0.3) is 0 Å². The van der Waals surface area contributed by atoms with E-state index >= 15 is 0 Å². The summed E-state index contributed by atoms with van der Waals surface area (Å²) in [5, 5.41) is 2.85. The van der Waals surface area contributed by atoms with Crippen molar-refractivity contribution in [3.8, 4) is 0 Å². The van der Waals surface area contributed by atoms with Gasteiger partial charge in [-0.15, -0.1) is 0 Å². The maximum absolute atomic E-state index is 13.0. The highest BCUT2D eigenvalue weighted by Crippen LogP contribution is 2.65. The van der Waals surface area contributed by atoms with Crippen LogP contribution in [0.4, 0.5) is 0 Å². The summed E-state index contributed by atoms with van der Waals surface area (Å²) >= 11 is 0. The van der Waals surface area contributed by atoms with Crippen molar-refractivity contribution in [1.29, 1.82) is 0 Å². The molecule has 0 radical (unpaired) electrons. The molecule has 1 saturated heterocycles. The van der Waals surface area contributed by atoms with Crippen LogP contribution in [0.1, 0.15) is 18.9 Å². The van der Waals surface area contributed by atoms with Crippen LogP contribution in [0.2, 0.25) is 0 Å². The van der Waals surface area contributed by atoms with Gasteiger partial charge in [-0.05, 0) is 42.6 Å². The summed E-state index contributed by atoms with van der Waals surface area (Å²) in [5.41, 5.74) is 0.989. The number of allylic oxidation sites excluding steroid dienone is 2. The lowest BCUT2D eigenvalue weighted by Crippen LogP contribution is -2.48. The van der Waals surface area contributed by atoms with E-state index in [4.69, 9.17) is 0 Å². The molecule has 26 heavy (non-hydrogen) atoms. The Morgan fingerprint density at radius 3 is 2.23 bits per heavy atom. The van der Waals surface area contributed by atoms with Crippen molar-refractivity contribution in [2.24, 2.45) is 35.5 Å². The van der Waals surface area contributed by atoms with E-state index in [1.165, 1.54) is 4.90 Å². The number of carbonyl (C=O) groups excluding carboxylic acids is 3. The zero-order valence-electron chi connectivity index (χ0n) is 14.7. The van der Waals surface area contributed by atoms with Gasteiger partial charge in [-0.3, -0.25) is 19.3 Å². The Bertz CT molecular complexity index is 782. The van der Waals surface area contributed by atoms with E-state index in [1.807, 2.05) is 30.3 Å². The third-order valence-electron chi connectivity index (χ3n) is 6.77. The van der Waals surface area contributed by atoms with Crippen molar-refractivity contribution < 1.29 is 14.4 Å². The third kappa shape index (κ3) is 2.12. The Hall–Kier alpha value is -2.43. The van der Waals surface area contributed by atoms with Crippen LogP contribution in [-0.2, 0) is 20.9 Å². The molecular formula is C21H22N2O3. The van der Waals surface area contributed by atoms with E-state index in [-0.39, 0.29) is 41.4 Å². The second-order valence-corrected chi connectivity index (χ2v) is 8.08. The summed E-state index contributed by atoms with van der Waals surface area (Å²) in [5.74, 6) is 0.470. The zero-order chi connectivity index (χ0) is 18.0. The van der Waals surface area contributed by atoms with Crippen LogP contribution in [0, 0.1) is 35.5 Å². The SMILES string of the molecule is CC(C(=O)NCc1ccccc1)N1C(=O)C2C3C=CC(C4CC34)C2C1=O. The first-order chi connectivity index (χ1) is 12.6. The molecular weight excluding hydrogens is 328 g/mol. The molecule has 5 nitrogen and oxygen atoms in total. The van der Waals surface area contributed by atoms with Crippen molar-refractivity contribution >= 4 is 17.7 Å². The average Bonchev–Trinajstić information content (AvgIpc) is 3.44. The summed E-state index contributed by atoms with van der Waals surface area (Å²) in [6.07, 6.45) is 5.44. The fraction of sp³-hybridized carbons (Fsp3) is 0.476. The highest BCUT2D eigenvalue weighted by Gasteiger charge is 2.67. The maximum atomic E-state index is 13.0. The van der Waals surface area contributed by atoms with Gasteiger partial charge in [0.05, 0.1) is 11.8 Å². The van der Waals surface area contributed by atoms with Crippen LogP contribution in [0.5, 0.6) is 0 Å². The van der Waals surface area contributed by atoms with E-state index in [0.29, 0.717) is 18.4 Å². The molecule has 6 rings (SSSR count). The number of carbonyl (C=O) groups is 3. The van der Waals surface area contributed by atoms with Crippen molar-refractivity contribution in [1.82, 2.24) is 10.2 Å². The Morgan fingerprint density at radius 2 is 1.65 bits per heavy atom. The number of hydrogen-bond donors (Lipinski definition) is 1. The summed E-state index contributed by atoms with van der Waals surface area (Å²) in [6, 6.07) is 8.85. The smallest absolute Gasteiger partial charge is 0.243 e. The lowest BCUT2D eigenvalue weighted by Gasteiger charge is -2.37. The zero-order valence-corrected chi connectivity index (χ0v) is 14.7. The van der Waals surface area contributed by atoms with Crippen molar-refractivity contribution in [3.05, 3.63) is 48.0 Å². The van der Waals surface area contributed by atoms with E-state index in [2.05, 4.69) is 17.5 Å². The molecule has 2 bridgehead atoms. The molecule has 0 spiro atoms. The minimum Gasteiger partial charge on any atom is -0.350 e. The molecule has 1 aliphatic heterocycles. The maximum Gasteiger partial charge on any atom is 0.243 e. The van der Waals surface area contributed by atoms with Gasteiger partial charge in [0.15, 0.2) is 0 Å². The number of imide groups is 1. The minimum atomic E-state index is -0.764. The summed E-state index contributed by atoms with van der Waals surface area (Å²) in [6.45, 7) is 2.05. The first-order valence-electron chi connectivity index (χ1n) is 9.45. The quantitative estimate of drug-likeness (QED) is 0.664. The predicted octanol–water partition coefficient (Wildman–Crippen LogP) is 1.74. The van der Waals surface area contributed by atoms with Gasteiger partial charge in [0.2, 0.25) is 17.7 Å². The lowest BCUT2D eigenvalue weighted by atomic mass is 9.63.